The fraction of sp³-hybridized carbons (Fsp3) is 0.350. The summed E-state index contributed by atoms with van der Waals surface area (Å²) in [5, 5.41) is 4.65. The Hall–Kier alpha value is -3.36. The number of ether oxygens (including phenoxy) is 1. The van der Waals surface area contributed by atoms with Crippen LogP contribution in [0.15, 0.2) is 24.4 Å². The van der Waals surface area contributed by atoms with Gasteiger partial charge in [-0.05, 0) is 38.0 Å². The minimum absolute atomic E-state index is 0.0781. The van der Waals surface area contributed by atoms with Crippen molar-refractivity contribution < 1.29 is 18.7 Å². The minimum Gasteiger partial charge on any atom is -0.450 e. The van der Waals surface area contributed by atoms with Gasteiger partial charge >= 0.3 is 6.09 Å². The van der Waals surface area contributed by atoms with Crippen LogP contribution in [0.25, 0.3) is 21.8 Å². The van der Waals surface area contributed by atoms with E-state index in [-0.39, 0.29) is 23.5 Å². The molecule has 0 atom stereocenters. The number of likely N-dealkylation sites (tertiary alicyclic amines) is 1. The Balaban J connectivity index is 1.65. The maximum atomic E-state index is 13.9. The van der Waals surface area contributed by atoms with Gasteiger partial charge in [0.15, 0.2) is 0 Å². The molecule has 0 saturated carbocycles. The van der Waals surface area contributed by atoms with Crippen molar-refractivity contribution in [3.8, 4) is 0 Å². The van der Waals surface area contributed by atoms with Crippen LogP contribution in [-0.2, 0) is 4.74 Å². The number of nitrogens with two attached hydrogens (primary N) is 1. The van der Waals surface area contributed by atoms with E-state index < -0.39 is 5.91 Å². The summed E-state index contributed by atoms with van der Waals surface area (Å²) in [7, 11) is 0. The maximum absolute atomic E-state index is 13.9. The number of piperidine rings is 1. The van der Waals surface area contributed by atoms with Gasteiger partial charge in [0.2, 0.25) is 0 Å². The first-order valence-electron chi connectivity index (χ1n) is 9.56. The predicted molar refractivity (Wildman–Crippen MR) is 107 cm³/mol. The lowest BCUT2D eigenvalue weighted by atomic mass is 10.0. The Morgan fingerprint density at radius 2 is 2.14 bits per heavy atom. The van der Waals surface area contributed by atoms with Gasteiger partial charge in [-0.3, -0.25) is 4.79 Å². The first-order chi connectivity index (χ1) is 14.0. The SMILES string of the molecule is CCOC(=O)N1CCC(Nc2ncc(C(N)=O)c3[nH]c4ccc(F)cc4c23)CC1. The molecule has 3 heterocycles. The summed E-state index contributed by atoms with van der Waals surface area (Å²) in [6.45, 7) is 3.27. The molecule has 1 fully saturated rings. The molecule has 0 spiro atoms. The molecule has 0 unspecified atom stereocenters. The topological polar surface area (TPSA) is 113 Å². The van der Waals surface area contributed by atoms with Crippen LogP contribution >= 0.6 is 0 Å². The molecule has 0 bridgehead atoms. The molecule has 9 heteroatoms. The second-order valence-electron chi connectivity index (χ2n) is 7.05. The maximum Gasteiger partial charge on any atom is 0.409 e. The number of hydrogen-bond acceptors (Lipinski definition) is 5. The number of nitrogens with one attached hydrogen (secondary N) is 2. The van der Waals surface area contributed by atoms with E-state index in [0.29, 0.717) is 47.3 Å². The number of aromatic amines is 1. The zero-order chi connectivity index (χ0) is 20.5. The van der Waals surface area contributed by atoms with Crippen LogP contribution in [0.1, 0.15) is 30.1 Å². The number of hydrogen-bond donors (Lipinski definition) is 3. The summed E-state index contributed by atoms with van der Waals surface area (Å²) < 4.78 is 18.9. The number of nitrogens with zero attached hydrogens (tertiary/aromatic N) is 2. The highest BCUT2D eigenvalue weighted by molar-refractivity contribution is 6.18. The highest BCUT2D eigenvalue weighted by atomic mass is 19.1. The van der Waals surface area contributed by atoms with Gasteiger partial charge in [-0.15, -0.1) is 0 Å². The first kappa shape index (κ1) is 19.0. The van der Waals surface area contributed by atoms with Crippen molar-refractivity contribution in [2.45, 2.75) is 25.8 Å². The Morgan fingerprint density at radius 1 is 1.38 bits per heavy atom. The number of fused-ring (bicyclic) bond motifs is 3. The lowest BCUT2D eigenvalue weighted by Crippen LogP contribution is -2.42. The molecule has 3 aromatic rings. The molecule has 1 aromatic carbocycles. The highest BCUT2D eigenvalue weighted by Gasteiger charge is 2.25. The second kappa shape index (κ2) is 7.57. The normalized spacial score (nSPS) is 15.0. The summed E-state index contributed by atoms with van der Waals surface area (Å²) >= 11 is 0. The molecule has 2 aromatic heterocycles. The average molecular weight is 399 g/mol. The van der Waals surface area contributed by atoms with Crippen LogP contribution in [0.5, 0.6) is 0 Å². The number of primary amides is 1. The van der Waals surface area contributed by atoms with E-state index in [1.165, 1.54) is 18.3 Å². The highest BCUT2D eigenvalue weighted by Crippen LogP contribution is 2.33. The predicted octanol–water partition coefficient (Wildman–Crippen LogP) is 2.99. The van der Waals surface area contributed by atoms with Gasteiger partial charge in [0.25, 0.3) is 5.91 Å². The van der Waals surface area contributed by atoms with Crippen LogP contribution in [0, 0.1) is 5.82 Å². The van der Waals surface area contributed by atoms with Gasteiger partial charge in [-0.2, -0.15) is 0 Å². The molecule has 8 nitrogen and oxygen atoms in total. The molecule has 152 valence electrons. The molecule has 29 heavy (non-hydrogen) atoms. The van der Waals surface area contributed by atoms with Gasteiger partial charge in [0, 0.05) is 36.2 Å². The van der Waals surface area contributed by atoms with Crippen molar-refractivity contribution in [3.63, 3.8) is 0 Å². The van der Waals surface area contributed by atoms with Crippen LogP contribution < -0.4 is 11.1 Å². The third kappa shape index (κ3) is 3.55. The lowest BCUT2D eigenvalue weighted by molar-refractivity contribution is 0.0980. The number of amides is 2. The van der Waals surface area contributed by atoms with E-state index in [0.717, 1.165) is 12.8 Å². The summed E-state index contributed by atoms with van der Waals surface area (Å²) in [5.41, 5.74) is 6.96. The zero-order valence-electron chi connectivity index (χ0n) is 16.0. The summed E-state index contributed by atoms with van der Waals surface area (Å²) in [5.74, 6) is -0.433. The van der Waals surface area contributed by atoms with Crippen molar-refractivity contribution in [1.29, 1.82) is 0 Å². The zero-order valence-corrected chi connectivity index (χ0v) is 16.0. The standard InChI is InChI=1S/C20H22FN5O3/c1-2-29-20(28)26-7-5-12(6-8-26)24-19-16-13-9-11(21)3-4-15(13)25-17(16)14(10-23-19)18(22)27/h3-4,9-10,12,25H,2,5-8H2,1H3,(H2,22,27)(H,23,24). The van der Waals surface area contributed by atoms with Crippen LogP contribution in [0.2, 0.25) is 0 Å². The number of rotatable bonds is 4. The summed E-state index contributed by atoms with van der Waals surface area (Å²) in [6.07, 6.45) is 2.56. The number of carbonyl (C=O) groups is 2. The van der Waals surface area contributed by atoms with Crippen molar-refractivity contribution in [2.24, 2.45) is 5.73 Å². The largest absolute Gasteiger partial charge is 0.450 e. The first-order valence-corrected chi connectivity index (χ1v) is 9.56. The molecular weight excluding hydrogens is 377 g/mol. The van der Waals surface area contributed by atoms with Gasteiger partial charge in [-0.25, -0.2) is 14.2 Å². The molecule has 4 N–H and O–H groups in total. The number of carbonyl (C=O) groups excluding carboxylic acids is 2. The van der Waals surface area contributed by atoms with Crippen molar-refractivity contribution in [2.75, 3.05) is 25.0 Å². The van der Waals surface area contributed by atoms with Crippen molar-refractivity contribution >= 4 is 39.6 Å². The van der Waals surface area contributed by atoms with E-state index in [2.05, 4.69) is 15.3 Å². The molecular formula is C20H22FN5O3. The number of benzene rings is 1. The monoisotopic (exact) mass is 399 g/mol. The summed E-state index contributed by atoms with van der Waals surface area (Å²) in [4.78, 5) is 32.9. The third-order valence-corrected chi connectivity index (χ3v) is 5.22. The quantitative estimate of drug-likeness (QED) is 0.624. The molecule has 1 aliphatic rings. The van der Waals surface area contributed by atoms with Crippen LogP contribution in [-0.4, -0.2) is 52.6 Å². The average Bonchev–Trinajstić information content (AvgIpc) is 3.07. The van der Waals surface area contributed by atoms with E-state index >= 15 is 0 Å². The number of anilines is 1. The second-order valence-corrected chi connectivity index (χ2v) is 7.05. The van der Waals surface area contributed by atoms with E-state index in [9.17, 15) is 14.0 Å². The molecule has 2 amide bonds. The Morgan fingerprint density at radius 3 is 2.83 bits per heavy atom. The van der Waals surface area contributed by atoms with Gasteiger partial charge in [-0.1, -0.05) is 0 Å². The summed E-state index contributed by atoms with van der Waals surface area (Å²) in [6, 6.07) is 4.47. The fourth-order valence-electron chi connectivity index (χ4n) is 3.78. The van der Waals surface area contributed by atoms with Crippen molar-refractivity contribution in [3.05, 3.63) is 35.8 Å². The molecule has 0 radical (unpaired) electrons. The molecule has 1 saturated heterocycles. The molecule has 0 aliphatic carbocycles. The molecule has 1 aliphatic heterocycles. The number of H-pyrrole nitrogens is 1. The van der Waals surface area contributed by atoms with Crippen LogP contribution in [0.3, 0.4) is 0 Å². The number of halogens is 1. The van der Waals surface area contributed by atoms with E-state index in [1.54, 1.807) is 17.9 Å². The molecule has 4 rings (SSSR count). The number of pyridine rings is 1. The lowest BCUT2D eigenvalue weighted by Gasteiger charge is -2.32. The smallest absolute Gasteiger partial charge is 0.409 e. The van der Waals surface area contributed by atoms with E-state index in [4.69, 9.17) is 10.5 Å². The van der Waals surface area contributed by atoms with Crippen LogP contribution in [0.4, 0.5) is 15.0 Å². The van der Waals surface area contributed by atoms with Gasteiger partial charge < -0.3 is 25.7 Å². The van der Waals surface area contributed by atoms with E-state index in [1.807, 2.05) is 0 Å². The Kier molecular flexibility index (Phi) is 4.96. The fourth-order valence-corrected chi connectivity index (χ4v) is 3.78. The third-order valence-electron chi connectivity index (χ3n) is 5.22. The Bertz CT molecular complexity index is 1090. The van der Waals surface area contributed by atoms with Crippen molar-refractivity contribution in [1.82, 2.24) is 14.9 Å². The van der Waals surface area contributed by atoms with Gasteiger partial charge in [0.05, 0.1) is 23.1 Å². The van der Waals surface area contributed by atoms with Gasteiger partial charge in [0.1, 0.15) is 11.6 Å². The number of aromatic nitrogens is 2. The minimum atomic E-state index is -0.608. The Labute approximate surface area is 166 Å².